The summed E-state index contributed by atoms with van der Waals surface area (Å²) in [6, 6.07) is 16.2. The minimum atomic E-state index is -0.491. The first-order valence-corrected chi connectivity index (χ1v) is 11.3. The zero-order chi connectivity index (χ0) is 23.0. The van der Waals surface area contributed by atoms with Crippen LogP contribution >= 0.6 is 0 Å². The second-order valence-corrected chi connectivity index (χ2v) is 8.91. The zero-order valence-electron chi connectivity index (χ0n) is 19.2. The highest BCUT2D eigenvalue weighted by Gasteiger charge is 2.45. The number of benzene rings is 1. The van der Waals surface area contributed by atoms with Crippen molar-refractivity contribution in [3.8, 4) is 17.1 Å². The molecule has 3 heterocycles. The van der Waals surface area contributed by atoms with Crippen molar-refractivity contribution in [2.75, 3.05) is 5.32 Å². The van der Waals surface area contributed by atoms with Gasteiger partial charge in [0.1, 0.15) is 13.7 Å². The lowest BCUT2D eigenvalue weighted by molar-refractivity contribution is -0.124. The molecule has 0 saturated heterocycles. The molecule has 0 bridgehead atoms. The fraction of sp³-hybridized carbons (Fsp3) is 0.231. The predicted octanol–water partition coefficient (Wildman–Crippen LogP) is 3.26. The van der Waals surface area contributed by atoms with E-state index in [1.54, 1.807) is 6.20 Å². The molecule has 6 nitrogen and oxygen atoms in total. The fourth-order valence-corrected chi connectivity index (χ4v) is 4.51. The summed E-state index contributed by atoms with van der Waals surface area (Å²) in [5.74, 6) is 1.28. The molecule has 7 heteroatoms. The average molecular weight is 435 g/mol. The Morgan fingerprint density at radius 3 is 2.09 bits per heavy atom. The molecule has 0 aliphatic heterocycles. The first-order valence-electron chi connectivity index (χ1n) is 11.3. The van der Waals surface area contributed by atoms with Crippen LogP contribution in [0.25, 0.3) is 17.1 Å². The SMILES string of the molecule is Bc1ccc(NC(=O)C2(c3ccc(-c4cnc(-n5c(C)ccc5C)nc4)cc3)CCC2)nc1. The summed E-state index contributed by atoms with van der Waals surface area (Å²) in [6.45, 7) is 4.09. The molecule has 1 saturated carbocycles. The van der Waals surface area contributed by atoms with Gasteiger partial charge >= 0.3 is 0 Å². The average Bonchev–Trinajstić information content (AvgIpc) is 3.13. The van der Waals surface area contributed by atoms with E-state index in [1.165, 1.54) is 0 Å². The van der Waals surface area contributed by atoms with Gasteiger partial charge in [-0.3, -0.25) is 9.36 Å². The molecule has 1 aromatic carbocycles. The summed E-state index contributed by atoms with van der Waals surface area (Å²) >= 11 is 0. The van der Waals surface area contributed by atoms with Gasteiger partial charge < -0.3 is 5.32 Å². The third-order valence-electron chi connectivity index (χ3n) is 6.67. The number of nitrogens with zero attached hydrogens (tertiary/aromatic N) is 4. The van der Waals surface area contributed by atoms with Crippen LogP contribution in [0.3, 0.4) is 0 Å². The molecule has 3 aromatic heterocycles. The van der Waals surface area contributed by atoms with Crippen LogP contribution in [0.1, 0.15) is 36.2 Å². The largest absolute Gasteiger partial charge is 0.310 e. The van der Waals surface area contributed by atoms with E-state index in [0.717, 1.165) is 52.8 Å². The van der Waals surface area contributed by atoms with Crippen molar-refractivity contribution in [2.24, 2.45) is 0 Å². The second-order valence-electron chi connectivity index (χ2n) is 8.91. The van der Waals surface area contributed by atoms with Crippen molar-refractivity contribution in [2.45, 2.75) is 38.5 Å². The topological polar surface area (TPSA) is 72.7 Å². The van der Waals surface area contributed by atoms with Crippen molar-refractivity contribution < 1.29 is 4.79 Å². The Bertz CT molecular complexity index is 1270. The molecule has 5 rings (SSSR count). The Hall–Kier alpha value is -3.74. The van der Waals surface area contributed by atoms with Crippen LogP contribution in [0.5, 0.6) is 0 Å². The number of nitrogens with one attached hydrogen (secondary N) is 1. The van der Waals surface area contributed by atoms with Gasteiger partial charge in [-0.15, -0.1) is 0 Å². The van der Waals surface area contributed by atoms with E-state index in [0.29, 0.717) is 11.8 Å². The molecule has 4 aromatic rings. The van der Waals surface area contributed by atoms with Gasteiger partial charge in [0.05, 0.1) is 5.41 Å². The minimum Gasteiger partial charge on any atom is -0.310 e. The number of amides is 1. The number of aryl methyl sites for hydroxylation is 2. The highest BCUT2D eigenvalue weighted by Crippen LogP contribution is 2.45. The van der Waals surface area contributed by atoms with Gasteiger partial charge in [0.15, 0.2) is 0 Å². The summed E-state index contributed by atoms with van der Waals surface area (Å²) in [6.07, 6.45) is 8.21. The molecule has 1 fully saturated rings. The van der Waals surface area contributed by atoms with Gasteiger partial charge in [-0.2, -0.15) is 0 Å². The first kappa shape index (κ1) is 21.1. The molecule has 0 radical (unpaired) electrons. The summed E-state index contributed by atoms with van der Waals surface area (Å²) < 4.78 is 2.04. The van der Waals surface area contributed by atoms with E-state index < -0.39 is 5.41 Å². The Labute approximate surface area is 194 Å². The molecule has 0 atom stereocenters. The number of pyridine rings is 1. The van der Waals surface area contributed by atoms with Crippen LogP contribution in [0.2, 0.25) is 0 Å². The number of hydrogen-bond donors (Lipinski definition) is 1. The van der Waals surface area contributed by atoms with E-state index >= 15 is 0 Å². The maximum Gasteiger partial charge on any atom is 0.236 e. The van der Waals surface area contributed by atoms with E-state index in [1.807, 2.05) is 50.8 Å². The lowest BCUT2D eigenvalue weighted by atomic mass is 9.63. The summed E-state index contributed by atoms with van der Waals surface area (Å²) in [5, 5.41) is 3.01. The Balaban J connectivity index is 1.36. The number of carbonyl (C=O) groups excluding carboxylic acids is 1. The van der Waals surface area contributed by atoms with Crippen molar-refractivity contribution in [1.29, 1.82) is 0 Å². The Morgan fingerprint density at radius 2 is 1.55 bits per heavy atom. The second kappa shape index (κ2) is 8.32. The number of anilines is 1. The Kier molecular flexibility index (Phi) is 5.32. The molecule has 1 aliphatic carbocycles. The lowest BCUT2D eigenvalue weighted by Crippen LogP contribution is -2.46. The van der Waals surface area contributed by atoms with Crippen LogP contribution < -0.4 is 10.8 Å². The monoisotopic (exact) mass is 435 g/mol. The smallest absolute Gasteiger partial charge is 0.236 e. The standard InChI is InChI=1S/C26H26BN5O/c1-17-4-5-18(2)32(17)25-29-14-20(15-30-25)19-6-8-21(9-7-19)26(12-3-13-26)24(33)31-23-11-10-22(27)16-28-23/h4-11,14-16H,3,12-13,27H2,1-2H3,(H,28,31,33). The molecule has 33 heavy (non-hydrogen) atoms. The zero-order valence-corrected chi connectivity index (χ0v) is 19.2. The van der Waals surface area contributed by atoms with Crippen LogP contribution in [0.4, 0.5) is 5.82 Å². The molecule has 1 aliphatic rings. The summed E-state index contributed by atoms with van der Waals surface area (Å²) in [7, 11) is 1.98. The highest BCUT2D eigenvalue weighted by atomic mass is 16.2. The summed E-state index contributed by atoms with van der Waals surface area (Å²) in [5.41, 5.74) is 5.81. The normalized spacial score (nSPS) is 14.5. The maximum absolute atomic E-state index is 13.2. The molecule has 0 unspecified atom stereocenters. The maximum atomic E-state index is 13.2. The van der Waals surface area contributed by atoms with Crippen molar-refractivity contribution in [3.63, 3.8) is 0 Å². The van der Waals surface area contributed by atoms with Crippen molar-refractivity contribution in [1.82, 2.24) is 19.5 Å². The van der Waals surface area contributed by atoms with E-state index in [9.17, 15) is 4.79 Å². The molecule has 1 amide bonds. The third kappa shape index (κ3) is 3.84. The number of carbonyl (C=O) groups is 1. The predicted molar refractivity (Wildman–Crippen MR) is 133 cm³/mol. The van der Waals surface area contributed by atoms with Gasteiger partial charge in [-0.1, -0.05) is 42.2 Å². The van der Waals surface area contributed by atoms with Gasteiger partial charge in [-0.25, -0.2) is 15.0 Å². The van der Waals surface area contributed by atoms with Crippen LogP contribution in [-0.2, 0) is 10.2 Å². The van der Waals surface area contributed by atoms with Crippen LogP contribution in [-0.4, -0.2) is 33.3 Å². The van der Waals surface area contributed by atoms with Gasteiger partial charge in [0.25, 0.3) is 0 Å². The van der Waals surface area contributed by atoms with Gasteiger partial charge in [-0.05, 0) is 56.0 Å². The Morgan fingerprint density at radius 1 is 0.879 bits per heavy atom. The van der Waals surface area contributed by atoms with E-state index in [2.05, 4.69) is 56.7 Å². The highest BCUT2D eigenvalue weighted by molar-refractivity contribution is 6.32. The molecule has 164 valence electrons. The molecule has 1 N–H and O–H groups in total. The molecule has 0 spiro atoms. The summed E-state index contributed by atoms with van der Waals surface area (Å²) in [4.78, 5) is 26.7. The van der Waals surface area contributed by atoms with E-state index in [-0.39, 0.29) is 5.91 Å². The number of aromatic nitrogens is 4. The van der Waals surface area contributed by atoms with Crippen LogP contribution in [0.15, 0.2) is 67.1 Å². The van der Waals surface area contributed by atoms with Crippen molar-refractivity contribution in [3.05, 3.63) is 84.1 Å². The third-order valence-corrected chi connectivity index (χ3v) is 6.67. The minimum absolute atomic E-state index is 0.0167. The fourth-order valence-electron chi connectivity index (χ4n) is 4.51. The first-order chi connectivity index (χ1) is 16.0. The number of rotatable bonds is 5. The molecular weight excluding hydrogens is 409 g/mol. The van der Waals surface area contributed by atoms with E-state index in [4.69, 9.17) is 0 Å². The lowest BCUT2D eigenvalue weighted by Gasteiger charge is -2.40. The van der Waals surface area contributed by atoms with Crippen molar-refractivity contribution >= 4 is 25.0 Å². The number of hydrogen-bond acceptors (Lipinski definition) is 4. The van der Waals surface area contributed by atoms with Gasteiger partial charge in [0, 0.05) is 35.5 Å². The van der Waals surface area contributed by atoms with Gasteiger partial charge in [0.2, 0.25) is 11.9 Å². The molecular formula is C26H26BN5O. The van der Waals surface area contributed by atoms with Crippen LogP contribution in [0, 0.1) is 13.8 Å². The quantitative estimate of drug-likeness (QED) is 0.489.